The first kappa shape index (κ1) is 38.6. The molecule has 5 aromatic rings. The number of likely N-dealkylation sites (N-methyl/N-ethyl adjacent to an activating group) is 2. The minimum Gasteiger partial charge on any atom is -0.434 e. The number of aromatic nitrogens is 4. The molecular formula is C37H44ClF4N9O. The van der Waals surface area contributed by atoms with Gasteiger partial charge >= 0.3 is 0 Å². The Labute approximate surface area is 305 Å². The molecule has 0 unspecified atom stereocenters. The van der Waals surface area contributed by atoms with Crippen LogP contribution in [0.15, 0.2) is 48.8 Å². The Kier molecular flexibility index (Phi) is 13.5. The van der Waals surface area contributed by atoms with Gasteiger partial charge in [-0.3, -0.25) is 0 Å². The summed E-state index contributed by atoms with van der Waals surface area (Å²) in [6, 6.07) is 12.0. The molecule has 0 aliphatic carbocycles. The van der Waals surface area contributed by atoms with Crippen LogP contribution in [0.25, 0.3) is 23.6 Å². The highest BCUT2D eigenvalue weighted by molar-refractivity contribution is 6.34. The van der Waals surface area contributed by atoms with E-state index in [0.717, 1.165) is 68.9 Å². The van der Waals surface area contributed by atoms with Gasteiger partial charge in [-0.1, -0.05) is 18.5 Å². The highest BCUT2D eigenvalue weighted by Gasteiger charge is 2.20. The summed E-state index contributed by atoms with van der Waals surface area (Å²) in [5.74, 6) is -1.44. The van der Waals surface area contributed by atoms with Gasteiger partial charge in [0.25, 0.3) is 0 Å². The van der Waals surface area contributed by atoms with Gasteiger partial charge in [0, 0.05) is 91.8 Å². The number of benzene rings is 2. The van der Waals surface area contributed by atoms with Crippen LogP contribution in [0, 0.1) is 25.5 Å². The van der Waals surface area contributed by atoms with Gasteiger partial charge in [-0.15, -0.1) is 0 Å². The zero-order valence-electron chi connectivity index (χ0n) is 29.7. The Hall–Kier alpha value is -4.63. The molecular weight excluding hydrogens is 698 g/mol. The maximum atomic E-state index is 14.9. The number of rotatable bonds is 6. The van der Waals surface area contributed by atoms with E-state index in [1.54, 1.807) is 13.8 Å². The Morgan fingerprint density at radius 3 is 2.19 bits per heavy atom. The van der Waals surface area contributed by atoms with Crippen LogP contribution in [-0.4, -0.2) is 95.7 Å². The van der Waals surface area contributed by atoms with Gasteiger partial charge in [0.05, 0.1) is 17.2 Å². The third-order valence-electron chi connectivity index (χ3n) is 8.76. The topological polar surface area (TPSA) is 100 Å². The first-order chi connectivity index (χ1) is 25.1. The van der Waals surface area contributed by atoms with Crippen molar-refractivity contribution in [2.24, 2.45) is 0 Å². The Bertz CT molecular complexity index is 2010. The molecule has 7 rings (SSSR count). The lowest BCUT2D eigenvalue weighted by Crippen LogP contribution is -2.46. The van der Waals surface area contributed by atoms with E-state index in [4.69, 9.17) is 16.3 Å². The molecule has 0 amide bonds. The largest absolute Gasteiger partial charge is 0.434 e. The first-order valence-electron chi connectivity index (χ1n) is 17.1. The lowest BCUT2D eigenvalue weighted by Gasteiger charge is -2.35. The number of aromatic amines is 2. The number of aryl methyl sites for hydroxylation is 2. The minimum absolute atomic E-state index is 0.0532. The van der Waals surface area contributed by atoms with Crippen LogP contribution in [0.3, 0.4) is 0 Å². The molecule has 3 aromatic heterocycles. The number of piperazine rings is 2. The second-order valence-electron chi connectivity index (χ2n) is 12.5. The average Bonchev–Trinajstić information content (AvgIpc) is 3.75. The highest BCUT2D eigenvalue weighted by Crippen LogP contribution is 2.37. The third kappa shape index (κ3) is 9.82. The zero-order chi connectivity index (χ0) is 37.2. The second kappa shape index (κ2) is 18.2. The summed E-state index contributed by atoms with van der Waals surface area (Å²) in [7, 11) is 2.15. The molecule has 15 heteroatoms. The number of halogens is 5. The summed E-state index contributed by atoms with van der Waals surface area (Å²) >= 11 is 6.46. The molecule has 0 radical (unpaired) electrons. The normalized spacial score (nSPS) is 16.0. The van der Waals surface area contributed by atoms with Crippen molar-refractivity contribution in [1.82, 2.24) is 35.1 Å². The van der Waals surface area contributed by atoms with E-state index in [9.17, 15) is 17.6 Å². The van der Waals surface area contributed by atoms with Crippen LogP contribution in [-0.2, 0) is 0 Å². The lowest BCUT2D eigenvalue weighted by atomic mass is 10.2. The number of hydrogen-bond donors (Lipinski definition) is 4. The van der Waals surface area contributed by atoms with Crippen molar-refractivity contribution < 1.29 is 22.3 Å². The molecule has 52 heavy (non-hydrogen) atoms. The molecule has 278 valence electrons. The van der Waals surface area contributed by atoms with Crippen molar-refractivity contribution in [3.63, 3.8) is 0 Å². The van der Waals surface area contributed by atoms with Crippen LogP contribution in [0.1, 0.15) is 18.3 Å². The molecule has 0 saturated carbocycles. The summed E-state index contributed by atoms with van der Waals surface area (Å²) in [6.07, 6.45) is 1.96. The van der Waals surface area contributed by atoms with Gasteiger partial charge in [-0.25, -0.2) is 22.5 Å². The smallest absolute Gasteiger partial charge is 0.243 e. The van der Waals surface area contributed by atoms with Crippen LogP contribution in [0.4, 0.5) is 34.8 Å². The summed E-state index contributed by atoms with van der Waals surface area (Å²) in [5.41, 5.74) is 3.38. The third-order valence-corrected chi connectivity index (χ3v) is 9.10. The number of fused-ring (bicyclic) bond motifs is 1. The maximum absolute atomic E-state index is 14.9. The number of nitrogens with one attached hydrogen (secondary N) is 4. The van der Waals surface area contributed by atoms with Crippen molar-refractivity contribution in [2.75, 3.05) is 76.2 Å². The van der Waals surface area contributed by atoms with E-state index < -0.39 is 11.6 Å². The quantitative estimate of drug-likeness (QED) is 0.154. The Morgan fingerprint density at radius 2 is 1.60 bits per heavy atom. The second-order valence-corrected chi connectivity index (χ2v) is 12.9. The van der Waals surface area contributed by atoms with Crippen molar-refractivity contribution in [3.05, 3.63) is 87.4 Å². The van der Waals surface area contributed by atoms with Crippen molar-refractivity contribution in [1.29, 1.82) is 0 Å². The van der Waals surface area contributed by atoms with Crippen LogP contribution in [0.5, 0.6) is 11.6 Å². The standard InChI is InChI=1S/C25H25ClF2N6O.C7H7F2N.C5H12N2/c1-3-33-8-10-34(11-9-33)17-6-4-16(5-7-17)32-24-21(26)25(30-14-29-24)35-20-13-19(27)23-18(22(20)28)12-15(2)31-23;1-5-2-6(3-8)7(4-9)10-5;1-7-4-2-6-3-5-7/h4-7,12-14,31H,3,8-11H2,1-2H3,(H,29,30,32);2-4,10H,1H3;6H,2-5H2,1H3/b;6-3+,7-4-;. The number of ether oxygens (including phenoxy) is 1. The predicted molar refractivity (Wildman–Crippen MR) is 200 cm³/mol. The summed E-state index contributed by atoms with van der Waals surface area (Å²) < 4.78 is 58.7. The lowest BCUT2D eigenvalue weighted by molar-refractivity contribution is 0.271. The van der Waals surface area contributed by atoms with Gasteiger partial charge in [0.2, 0.25) is 5.88 Å². The zero-order valence-corrected chi connectivity index (χ0v) is 30.4. The van der Waals surface area contributed by atoms with Crippen LogP contribution < -0.4 is 30.8 Å². The summed E-state index contributed by atoms with van der Waals surface area (Å²) in [5, 5.41) is 6.99. The van der Waals surface area contributed by atoms with Gasteiger partial charge in [-0.2, -0.15) is 4.98 Å². The number of anilines is 3. The van der Waals surface area contributed by atoms with E-state index in [2.05, 4.69) is 59.2 Å². The van der Waals surface area contributed by atoms with E-state index in [1.165, 1.54) is 31.5 Å². The molecule has 2 saturated heterocycles. The van der Waals surface area contributed by atoms with Crippen LogP contribution >= 0.6 is 11.6 Å². The van der Waals surface area contributed by atoms with E-state index in [1.807, 2.05) is 24.3 Å². The number of H-pyrrole nitrogens is 2. The van der Waals surface area contributed by atoms with Crippen molar-refractivity contribution in [3.8, 4) is 11.6 Å². The first-order valence-corrected chi connectivity index (χ1v) is 17.4. The SMILES string of the molecule is CCN1CCN(c2ccc(Nc3ncnc(Oc4cc(F)c5[nH]c(C)cc5c4F)c3Cl)cc2)CC1.CN1CCNCC1.Cc1cc(=C\F)/c(=C/F)[nH]1. The molecule has 5 heterocycles. The van der Waals surface area contributed by atoms with E-state index >= 15 is 0 Å². The van der Waals surface area contributed by atoms with Gasteiger partial charge in [-0.05, 0) is 63.8 Å². The highest BCUT2D eigenvalue weighted by atomic mass is 35.5. The molecule has 2 fully saturated rings. The summed E-state index contributed by atoms with van der Waals surface area (Å²) in [4.78, 5) is 20.7. The van der Waals surface area contributed by atoms with Gasteiger partial charge < -0.3 is 40.0 Å². The molecule has 10 nitrogen and oxygen atoms in total. The molecule has 2 aliphatic rings. The van der Waals surface area contributed by atoms with Crippen molar-refractivity contribution >= 4 is 52.4 Å². The fourth-order valence-corrected chi connectivity index (χ4v) is 6.01. The molecule has 2 aromatic carbocycles. The summed E-state index contributed by atoms with van der Waals surface area (Å²) in [6.45, 7) is 15.5. The Balaban J connectivity index is 0.000000251. The number of hydrogen-bond acceptors (Lipinski definition) is 8. The molecule has 0 spiro atoms. The monoisotopic (exact) mass is 741 g/mol. The van der Waals surface area contributed by atoms with Gasteiger partial charge in [0.15, 0.2) is 23.2 Å². The fourth-order valence-electron chi connectivity index (χ4n) is 5.83. The number of nitrogens with zero attached hydrogens (tertiary/aromatic N) is 5. The minimum atomic E-state index is -0.703. The van der Waals surface area contributed by atoms with Crippen LogP contribution in [0.2, 0.25) is 5.02 Å². The average molecular weight is 742 g/mol. The Morgan fingerprint density at radius 1 is 0.904 bits per heavy atom. The molecule has 0 atom stereocenters. The maximum Gasteiger partial charge on any atom is 0.243 e. The van der Waals surface area contributed by atoms with E-state index in [0.29, 0.717) is 24.2 Å². The van der Waals surface area contributed by atoms with E-state index in [-0.39, 0.29) is 38.1 Å². The van der Waals surface area contributed by atoms with Crippen molar-refractivity contribution in [2.45, 2.75) is 20.8 Å². The molecule has 0 bridgehead atoms. The fraction of sp³-hybridized carbons (Fsp3) is 0.351. The molecule has 2 aliphatic heterocycles. The predicted octanol–water partition coefficient (Wildman–Crippen LogP) is 6.14. The molecule has 4 N–H and O–H groups in total. The van der Waals surface area contributed by atoms with Gasteiger partial charge in [0.1, 0.15) is 17.7 Å².